The summed E-state index contributed by atoms with van der Waals surface area (Å²) in [4.78, 5) is 15.9. The molecule has 0 aliphatic heterocycles. The van der Waals surface area contributed by atoms with Crippen molar-refractivity contribution in [3.63, 3.8) is 0 Å². The predicted molar refractivity (Wildman–Crippen MR) is 101 cm³/mol. The van der Waals surface area contributed by atoms with Gasteiger partial charge in [-0.2, -0.15) is 0 Å². The Bertz CT molecular complexity index is 947. The minimum Gasteiger partial charge on any atom is -0.393 e. The first-order chi connectivity index (χ1) is 12.4. The SMILES string of the molecule is CC(C)Cn1ccc2cc(-c3cc(C(O)CO)cc(C(N)=O)n3)ccc21. The second kappa shape index (κ2) is 7.27. The second-order valence-corrected chi connectivity index (χ2v) is 6.87. The van der Waals surface area contributed by atoms with Crippen LogP contribution in [0.4, 0.5) is 0 Å². The molecule has 136 valence electrons. The molecule has 0 bridgehead atoms. The fourth-order valence-corrected chi connectivity index (χ4v) is 3.04. The molecule has 26 heavy (non-hydrogen) atoms. The van der Waals surface area contributed by atoms with Crippen LogP contribution in [-0.4, -0.2) is 32.3 Å². The van der Waals surface area contributed by atoms with E-state index >= 15 is 0 Å². The van der Waals surface area contributed by atoms with Crippen molar-refractivity contribution < 1.29 is 15.0 Å². The van der Waals surface area contributed by atoms with Crippen LogP contribution in [-0.2, 0) is 6.54 Å². The van der Waals surface area contributed by atoms with Crippen LogP contribution in [0.3, 0.4) is 0 Å². The largest absolute Gasteiger partial charge is 0.393 e. The maximum atomic E-state index is 11.6. The molecule has 0 radical (unpaired) electrons. The van der Waals surface area contributed by atoms with Gasteiger partial charge in [0, 0.05) is 29.2 Å². The Morgan fingerprint density at radius 3 is 2.65 bits per heavy atom. The van der Waals surface area contributed by atoms with Gasteiger partial charge in [0.1, 0.15) is 11.8 Å². The molecule has 0 aliphatic carbocycles. The summed E-state index contributed by atoms with van der Waals surface area (Å²) in [6, 6.07) is 11.1. The summed E-state index contributed by atoms with van der Waals surface area (Å²) in [7, 11) is 0. The lowest BCUT2D eigenvalue weighted by atomic mass is 10.0. The molecular weight excluding hydrogens is 330 g/mol. The highest BCUT2D eigenvalue weighted by Crippen LogP contribution is 2.27. The van der Waals surface area contributed by atoms with Crippen molar-refractivity contribution in [1.82, 2.24) is 9.55 Å². The Balaban J connectivity index is 2.07. The van der Waals surface area contributed by atoms with Crippen LogP contribution in [0.1, 0.15) is 36.0 Å². The number of aliphatic hydroxyl groups excluding tert-OH is 2. The average Bonchev–Trinajstić information content (AvgIpc) is 3.02. The zero-order chi connectivity index (χ0) is 18.8. The average molecular weight is 353 g/mol. The van der Waals surface area contributed by atoms with E-state index < -0.39 is 18.6 Å². The number of fused-ring (bicyclic) bond motifs is 1. The van der Waals surface area contributed by atoms with Crippen molar-refractivity contribution in [2.45, 2.75) is 26.5 Å². The van der Waals surface area contributed by atoms with Gasteiger partial charge in [0.2, 0.25) is 0 Å². The number of amides is 1. The summed E-state index contributed by atoms with van der Waals surface area (Å²) in [6.45, 7) is 4.84. The monoisotopic (exact) mass is 353 g/mol. The first kappa shape index (κ1) is 18.1. The van der Waals surface area contributed by atoms with E-state index in [1.54, 1.807) is 6.07 Å². The summed E-state index contributed by atoms with van der Waals surface area (Å²) >= 11 is 0. The first-order valence-electron chi connectivity index (χ1n) is 8.59. The number of carbonyl (C=O) groups excluding carboxylic acids is 1. The standard InChI is InChI=1S/C20H23N3O3/c1-12(2)10-23-6-5-14-7-13(3-4-18(14)23)16-8-15(19(25)11-24)9-17(22-16)20(21)26/h3-9,12,19,24-25H,10-11H2,1-2H3,(H2,21,26). The molecule has 1 atom stereocenters. The summed E-state index contributed by atoms with van der Waals surface area (Å²) in [6.07, 6.45) is 0.966. The van der Waals surface area contributed by atoms with Crippen molar-refractivity contribution in [3.8, 4) is 11.3 Å². The molecule has 6 heteroatoms. The third kappa shape index (κ3) is 3.61. The quantitative estimate of drug-likeness (QED) is 0.633. The molecule has 0 fully saturated rings. The Kier molecular flexibility index (Phi) is 5.06. The van der Waals surface area contributed by atoms with Crippen LogP contribution in [0.5, 0.6) is 0 Å². The number of aliphatic hydroxyl groups is 2. The third-order valence-electron chi connectivity index (χ3n) is 4.29. The first-order valence-corrected chi connectivity index (χ1v) is 8.59. The lowest BCUT2D eigenvalue weighted by Crippen LogP contribution is -2.15. The molecule has 4 N–H and O–H groups in total. The van der Waals surface area contributed by atoms with E-state index in [-0.39, 0.29) is 5.69 Å². The number of hydrogen-bond acceptors (Lipinski definition) is 4. The van der Waals surface area contributed by atoms with Gasteiger partial charge in [-0.15, -0.1) is 0 Å². The van der Waals surface area contributed by atoms with E-state index in [2.05, 4.69) is 29.6 Å². The van der Waals surface area contributed by atoms with Crippen LogP contribution < -0.4 is 5.73 Å². The topological polar surface area (TPSA) is 101 Å². The van der Waals surface area contributed by atoms with Crippen LogP contribution >= 0.6 is 0 Å². The third-order valence-corrected chi connectivity index (χ3v) is 4.29. The lowest BCUT2D eigenvalue weighted by Gasteiger charge is -2.12. The molecule has 1 amide bonds. The number of rotatable bonds is 6. The molecule has 1 aromatic carbocycles. The molecule has 0 saturated heterocycles. The summed E-state index contributed by atoms with van der Waals surface area (Å²) in [5.41, 5.74) is 8.30. The fraction of sp³-hybridized carbons (Fsp3) is 0.300. The normalized spacial score (nSPS) is 12.7. The van der Waals surface area contributed by atoms with Crippen molar-refractivity contribution in [2.75, 3.05) is 6.61 Å². The van der Waals surface area contributed by atoms with Gasteiger partial charge in [-0.3, -0.25) is 4.79 Å². The van der Waals surface area contributed by atoms with Gasteiger partial charge in [-0.05, 0) is 41.8 Å². The molecule has 6 nitrogen and oxygen atoms in total. The number of hydrogen-bond donors (Lipinski definition) is 3. The summed E-state index contributed by atoms with van der Waals surface area (Å²) in [5.74, 6) is -0.135. The van der Waals surface area contributed by atoms with E-state index in [1.165, 1.54) is 6.07 Å². The van der Waals surface area contributed by atoms with Crippen LogP contribution in [0.15, 0.2) is 42.6 Å². The maximum Gasteiger partial charge on any atom is 0.267 e. The van der Waals surface area contributed by atoms with E-state index in [1.807, 2.05) is 24.3 Å². The molecule has 3 aromatic rings. The highest BCUT2D eigenvalue weighted by atomic mass is 16.3. The van der Waals surface area contributed by atoms with E-state index in [0.29, 0.717) is 17.2 Å². The Morgan fingerprint density at radius 2 is 2.00 bits per heavy atom. The number of nitrogens with two attached hydrogens (primary N) is 1. The van der Waals surface area contributed by atoms with Crippen LogP contribution in [0, 0.1) is 5.92 Å². The fourth-order valence-electron chi connectivity index (χ4n) is 3.04. The van der Waals surface area contributed by atoms with Gasteiger partial charge in [-0.25, -0.2) is 4.98 Å². The van der Waals surface area contributed by atoms with Crippen molar-refractivity contribution in [3.05, 3.63) is 53.9 Å². The van der Waals surface area contributed by atoms with Gasteiger partial charge in [0.15, 0.2) is 0 Å². The number of benzene rings is 1. The zero-order valence-electron chi connectivity index (χ0n) is 14.9. The molecule has 0 spiro atoms. The number of pyridine rings is 1. The number of aromatic nitrogens is 2. The van der Waals surface area contributed by atoms with Crippen LogP contribution in [0.2, 0.25) is 0 Å². The number of nitrogens with zero attached hydrogens (tertiary/aromatic N) is 2. The Hall–Kier alpha value is -2.70. The molecule has 2 aromatic heterocycles. The Labute approximate surface area is 151 Å². The molecule has 0 aliphatic rings. The second-order valence-electron chi connectivity index (χ2n) is 6.87. The zero-order valence-corrected chi connectivity index (χ0v) is 14.9. The van der Waals surface area contributed by atoms with E-state index in [9.17, 15) is 15.0 Å². The van der Waals surface area contributed by atoms with Crippen molar-refractivity contribution in [2.24, 2.45) is 11.7 Å². The summed E-state index contributed by atoms with van der Waals surface area (Å²) in [5, 5.41) is 20.2. The molecular formula is C20H23N3O3. The lowest BCUT2D eigenvalue weighted by molar-refractivity contribution is 0.0948. The van der Waals surface area contributed by atoms with Gasteiger partial charge >= 0.3 is 0 Å². The number of carbonyl (C=O) groups is 1. The predicted octanol–water partition coefficient (Wildman–Crippen LogP) is 2.48. The van der Waals surface area contributed by atoms with Crippen LogP contribution in [0.25, 0.3) is 22.2 Å². The van der Waals surface area contributed by atoms with Gasteiger partial charge in [0.05, 0.1) is 12.3 Å². The van der Waals surface area contributed by atoms with Gasteiger partial charge < -0.3 is 20.5 Å². The van der Waals surface area contributed by atoms with E-state index in [4.69, 9.17) is 5.73 Å². The minimum atomic E-state index is -1.09. The Morgan fingerprint density at radius 1 is 1.23 bits per heavy atom. The van der Waals surface area contributed by atoms with Gasteiger partial charge in [0.25, 0.3) is 5.91 Å². The maximum absolute atomic E-state index is 11.6. The number of primary amides is 1. The molecule has 2 heterocycles. The highest BCUT2D eigenvalue weighted by molar-refractivity contribution is 5.92. The summed E-state index contributed by atoms with van der Waals surface area (Å²) < 4.78 is 2.21. The highest BCUT2D eigenvalue weighted by Gasteiger charge is 2.14. The van der Waals surface area contributed by atoms with Gasteiger partial charge in [-0.1, -0.05) is 19.9 Å². The minimum absolute atomic E-state index is 0.0578. The molecule has 3 rings (SSSR count). The molecule has 0 saturated carbocycles. The molecule has 1 unspecified atom stereocenters. The van der Waals surface area contributed by atoms with Crippen molar-refractivity contribution in [1.29, 1.82) is 0 Å². The van der Waals surface area contributed by atoms with Crippen molar-refractivity contribution >= 4 is 16.8 Å². The smallest absolute Gasteiger partial charge is 0.267 e. The van der Waals surface area contributed by atoms with E-state index in [0.717, 1.165) is 23.0 Å².